The third-order valence-corrected chi connectivity index (χ3v) is 1.65. The summed E-state index contributed by atoms with van der Waals surface area (Å²) in [5, 5.41) is 0. The van der Waals surface area contributed by atoms with Gasteiger partial charge in [-0.05, 0) is 12.8 Å². The van der Waals surface area contributed by atoms with Crippen molar-refractivity contribution in [3.05, 3.63) is 7.05 Å². The van der Waals surface area contributed by atoms with Gasteiger partial charge in [0.2, 0.25) is 0 Å². The van der Waals surface area contributed by atoms with E-state index in [1.54, 1.807) is 14.2 Å². The molecule has 0 aromatic rings. The van der Waals surface area contributed by atoms with Crippen molar-refractivity contribution >= 4 is 0 Å². The van der Waals surface area contributed by atoms with Gasteiger partial charge in [0.05, 0.1) is 0 Å². The van der Waals surface area contributed by atoms with E-state index in [9.17, 15) is 0 Å². The quantitative estimate of drug-likeness (QED) is 0.515. The van der Waals surface area contributed by atoms with Gasteiger partial charge in [-0.25, -0.2) is 0 Å². The Balaban J connectivity index is 3.04. The van der Waals surface area contributed by atoms with Gasteiger partial charge in [0.15, 0.2) is 0 Å². The predicted octanol–water partition coefficient (Wildman–Crippen LogP) is 1.15. The summed E-state index contributed by atoms with van der Waals surface area (Å²) in [5.74, 6) is 0. The number of hydrogen-bond acceptors (Lipinski definition) is 3. The van der Waals surface area contributed by atoms with Crippen LogP contribution in [0.1, 0.15) is 12.8 Å². The second kappa shape index (κ2) is 8.97. The highest BCUT2D eigenvalue weighted by Gasteiger charge is 1.96. The molecule has 0 aromatic heterocycles. The molecule has 1 radical (unpaired) electrons. The van der Waals surface area contributed by atoms with Gasteiger partial charge < -0.3 is 14.4 Å². The van der Waals surface area contributed by atoms with E-state index in [2.05, 4.69) is 11.9 Å². The van der Waals surface area contributed by atoms with Crippen LogP contribution in [0.3, 0.4) is 0 Å². The normalized spacial score (nSPS) is 11.0. The van der Waals surface area contributed by atoms with Crippen molar-refractivity contribution in [3.63, 3.8) is 0 Å². The molecule has 0 aliphatic heterocycles. The Morgan fingerprint density at radius 2 is 1.42 bits per heavy atom. The van der Waals surface area contributed by atoms with Crippen LogP contribution in [0.15, 0.2) is 0 Å². The Kier molecular flexibility index (Phi) is 8.88. The topological polar surface area (TPSA) is 21.7 Å². The number of nitrogens with zero attached hydrogens (tertiary/aromatic N) is 1. The van der Waals surface area contributed by atoms with Crippen molar-refractivity contribution in [1.29, 1.82) is 0 Å². The smallest absolute Gasteiger partial charge is 0.0474 e. The van der Waals surface area contributed by atoms with Crippen LogP contribution < -0.4 is 0 Å². The predicted molar refractivity (Wildman–Crippen MR) is 49.9 cm³/mol. The molecular formula is C9H20NO2. The molecule has 0 rings (SSSR count). The zero-order valence-electron chi connectivity index (χ0n) is 8.21. The average molecular weight is 174 g/mol. The molecular weight excluding hydrogens is 154 g/mol. The summed E-state index contributed by atoms with van der Waals surface area (Å²) in [5.41, 5.74) is 0. The fourth-order valence-electron chi connectivity index (χ4n) is 0.977. The lowest BCUT2D eigenvalue weighted by Crippen LogP contribution is -2.20. The van der Waals surface area contributed by atoms with E-state index in [1.807, 2.05) is 0 Å². The van der Waals surface area contributed by atoms with Gasteiger partial charge in [-0.1, -0.05) is 0 Å². The van der Waals surface area contributed by atoms with Crippen LogP contribution in [0.5, 0.6) is 0 Å². The van der Waals surface area contributed by atoms with Gasteiger partial charge in [-0.2, -0.15) is 0 Å². The lowest BCUT2D eigenvalue weighted by atomic mass is 10.3. The minimum atomic E-state index is 0.816. The van der Waals surface area contributed by atoms with Crippen LogP contribution in [0.2, 0.25) is 0 Å². The average Bonchev–Trinajstić information content (AvgIpc) is 2.06. The molecule has 3 heteroatoms. The molecule has 0 saturated heterocycles. The van der Waals surface area contributed by atoms with Crippen molar-refractivity contribution in [1.82, 2.24) is 4.90 Å². The van der Waals surface area contributed by atoms with Crippen molar-refractivity contribution in [3.8, 4) is 0 Å². The van der Waals surface area contributed by atoms with Crippen molar-refractivity contribution < 1.29 is 9.47 Å². The number of hydrogen-bond donors (Lipinski definition) is 0. The molecule has 0 atom stereocenters. The molecule has 0 fully saturated rings. The molecule has 0 N–H and O–H groups in total. The van der Waals surface area contributed by atoms with Gasteiger partial charge in [-0.15, -0.1) is 0 Å². The first-order chi connectivity index (χ1) is 5.81. The Bertz CT molecular complexity index is 78.6. The molecule has 0 spiro atoms. The minimum Gasteiger partial charge on any atom is -0.385 e. The van der Waals surface area contributed by atoms with E-state index in [1.165, 1.54) is 0 Å². The highest BCUT2D eigenvalue weighted by atomic mass is 16.5. The summed E-state index contributed by atoms with van der Waals surface area (Å²) in [6.07, 6.45) is 2.10. The standard InChI is InChI=1S/C9H20NO2/c1-10(6-4-8-11-2)7-5-9-12-3/h1,4-9H2,2-3H3. The van der Waals surface area contributed by atoms with Gasteiger partial charge in [-0.3, -0.25) is 0 Å². The first-order valence-electron chi connectivity index (χ1n) is 4.34. The maximum atomic E-state index is 4.94. The molecule has 0 bridgehead atoms. The van der Waals surface area contributed by atoms with Crippen LogP contribution in [-0.2, 0) is 9.47 Å². The fourth-order valence-corrected chi connectivity index (χ4v) is 0.977. The largest absolute Gasteiger partial charge is 0.385 e. The first-order valence-corrected chi connectivity index (χ1v) is 4.34. The Morgan fingerprint density at radius 3 is 1.75 bits per heavy atom. The van der Waals surface area contributed by atoms with E-state index in [4.69, 9.17) is 9.47 Å². The van der Waals surface area contributed by atoms with Gasteiger partial charge in [0, 0.05) is 47.6 Å². The first kappa shape index (κ1) is 11.9. The van der Waals surface area contributed by atoms with Gasteiger partial charge in [0.25, 0.3) is 0 Å². The molecule has 0 aliphatic rings. The van der Waals surface area contributed by atoms with Crippen LogP contribution >= 0.6 is 0 Å². The fraction of sp³-hybridized carbons (Fsp3) is 0.889. The zero-order valence-corrected chi connectivity index (χ0v) is 8.21. The van der Waals surface area contributed by atoms with Crippen molar-refractivity contribution in [2.45, 2.75) is 12.8 Å². The number of rotatable bonds is 8. The molecule has 73 valence electrons. The molecule has 0 saturated carbocycles. The van der Waals surface area contributed by atoms with Crippen molar-refractivity contribution in [2.75, 3.05) is 40.5 Å². The summed E-state index contributed by atoms with van der Waals surface area (Å²) < 4.78 is 9.88. The summed E-state index contributed by atoms with van der Waals surface area (Å²) in [6, 6.07) is 0. The molecule has 0 unspecified atom stereocenters. The lowest BCUT2D eigenvalue weighted by Gasteiger charge is -2.15. The minimum absolute atomic E-state index is 0.816. The van der Waals surface area contributed by atoms with Crippen LogP contribution in [-0.4, -0.2) is 45.4 Å². The van der Waals surface area contributed by atoms with E-state index in [0.29, 0.717) is 0 Å². The zero-order chi connectivity index (χ0) is 9.23. The number of methoxy groups -OCH3 is 2. The maximum Gasteiger partial charge on any atom is 0.0474 e. The second-order valence-electron chi connectivity index (χ2n) is 2.81. The molecule has 0 amide bonds. The SMILES string of the molecule is [CH2]N(CCCOC)CCCOC. The van der Waals surface area contributed by atoms with E-state index in [0.717, 1.165) is 39.1 Å². The third-order valence-electron chi connectivity index (χ3n) is 1.65. The van der Waals surface area contributed by atoms with Crippen LogP contribution in [0, 0.1) is 7.05 Å². The van der Waals surface area contributed by atoms with E-state index >= 15 is 0 Å². The van der Waals surface area contributed by atoms with Crippen LogP contribution in [0.4, 0.5) is 0 Å². The Morgan fingerprint density at radius 1 is 1.00 bits per heavy atom. The third kappa shape index (κ3) is 7.98. The maximum absolute atomic E-state index is 4.94. The molecule has 0 aliphatic carbocycles. The van der Waals surface area contributed by atoms with Gasteiger partial charge in [0.1, 0.15) is 0 Å². The summed E-state index contributed by atoms with van der Waals surface area (Å²) in [4.78, 5) is 2.05. The van der Waals surface area contributed by atoms with Gasteiger partial charge >= 0.3 is 0 Å². The summed E-state index contributed by atoms with van der Waals surface area (Å²) in [7, 11) is 7.35. The molecule has 3 nitrogen and oxygen atoms in total. The van der Waals surface area contributed by atoms with Crippen molar-refractivity contribution in [2.24, 2.45) is 0 Å². The second-order valence-corrected chi connectivity index (χ2v) is 2.81. The molecule has 12 heavy (non-hydrogen) atoms. The van der Waals surface area contributed by atoms with E-state index in [-0.39, 0.29) is 0 Å². The monoisotopic (exact) mass is 174 g/mol. The van der Waals surface area contributed by atoms with E-state index < -0.39 is 0 Å². The molecule has 0 aromatic carbocycles. The Hall–Kier alpha value is -0.120. The highest BCUT2D eigenvalue weighted by molar-refractivity contribution is 4.54. The summed E-state index contributed by atoms with van der Waals surface area (Å²) >= 11 is 0. The lowest BCUT2D eigenvalue weighted by molar-refractivity contribution is 0.168. The molecule has 0 heterocycles. The van der Waals surface area contributed by atoms with Crippen LogP contribution in [0.25, 0.3) is 0 Å². The number of ether oxygens (including phenoxy) is 2. The summed E-state index contributed by atoms with van der Waals surface area (Å²) in [6.45, 7) is 3.63. The highest BCUT2D eigenvalue weighted by Crippen LogP contribution is 1.92. The Labute approximate surface area is 75.6 Å².